The summed E-state index contributed by atoms with van der Waals surface area (Å²) in [4.78, 5) is 24.4. The maximum atomic E-state index is 12.2. The lowest BCUT2D eigenvalue weighted by atomic mass is 10.2. The molecule has 0 radical (unpaired) electrons. The maximum absolute atomic E-state index is 12.2. The van der Waals surface area contributed by atoms with Crippen molar-refractivity contribution in [1.82, 2.24) is 24.5 Å². The monoisotopic (exact) mass is 365 g/mol. The largest absolute Gasteiger partial charge is 0.288 e. The Morgan fingerprint density at radius 2 is 2.39 bits per heavy atom. The molecule has 1 saturated heterocycles. The molecule has 4 rings (SSSR count). The van der Waals surface area contributed by atoms with Crippen molar-refractivity contribution < 1.29 is 0 Å². The molecule has 23 heavy (non-hydrogen) atoms. The molecular formula is C14H15N5OS3. The highest BCUT2D eigenvalue weighted by atomic mass is 32.2. The number of nitrogens with zero attached hydrogens (tertiary/aromatic N) is 5. The van der Waals surface area contributed by atoms with E-state index in [1.54, 1.807) is 17.4 Å². The van der Waals surface area contributed by atoms with Crippen LogP contribution in [0.2, 0.25) is 0 Å². The van der Waals surface area contributed by atoms with Crippen molar-refractivity contribution in [3.8, 4) is 0 Å². The van der Waals surface area contributed by atoms with Gasteiger partial charge in [0.25, 0.3) is 5.56 Å². The Morgan fingerprint density at radius 3 is 3.17 bits per heavy atom. The summed E-state index contributed by atoms with van der Waals surface area (Å²) >= 11 is 4.68. The molecule has 0 bridgehead atoms. The molecule has 0 N–H and O–H groups in total. The quantitative estimate of drug-likeness (QED) is 0.663. The first-order chi connectivity index (χ1) is 11.2. The fourth-order valence-corrected chi connectivity index (χ4v) is 5.09. The molecule has 1 aliphatic rings. The van der Waals surface area contributed by atoms with Crippen LogP contribution in [-0.2, 0) is 6.54 Å². The number of hydrogen-bond acceptors (Lipinski definition) is 8. The summed E-state index contributed by atoms with van der Waals surface area (Å²) in [6, 6.07) is 1.95. The van der Waals surface area contributed by atoms with Crippen molar-refractivity contribution in [3.63, 3.8) is 0 Å². The normalized spacial score (nSPS) is 18.9. The van der Waals surface area contributed by atoms with Crippen LogP contribution in [0, 0.1) is 0 Å². The van der Waals surface area contributed by atoms with Gasteiger partial charge in [-0.05, 0) is 25.6 Å². The third-order valence-corrected chi connectivity index (χ3v) is 6.68. The lowest BCUT2D eigenvalue weighted by Gasteiger charge is -2.22. The van der Waals surface area contributed by atoms with Crippen LogP contribution in [0.1, 0.15) is 29.6 Å². The fraction of sp³-hybridized carbons (Fsp3) is 0.429. The van der Waals surface area contributed by atoms with Crippen LogP contribution in [0.4, 0.5) is 0 Å². The lowest BCUT2D eigenvalue weighted by Crippen LogP contribution is -2.25. The summed E-state index contributed by atoms with van der Waals surface area (Å²) in [6.45, 7) is 1.70. The molecule has 120 valence electrons. The number of thiazole rings is 1. The zero-order chi connectivity index (χ0) is 15.8. The Labute approximate surface area is 145 Å². The van der Waals surface area contributed by atoms with E-state index >= 15 is 0 Å². The number of thioether (sulfide) groups is 1. The minimum Gasteiger partial charge on any atom is -0.288 e. The van der Waals surface area contributed by atoms with Crippen LogP contribution in [0.25, 0.3) is 4.96 Å². The fourth-order valence-electron chi connectivity index (χ4n) is 2.90. The average Bonchev–Trinajstić information content (AvgIpc) is 3.26. The van der Waals surface area contributed by atoms with Gasteiger partial charge in [-0.3, -0.25) is 9.69 Å². The van der Waals surface area contributed by atoms with E-state index in [4.69, 9.17) is 0 Å². The van der Waals surface area contributed by atoms with Gasteiger partial charge in [-0.25, -0.2) is 9.97 Å². The molecule has 1 aliphatic heterocycles. The van der Waals surface area contributed by atoms with Crippen molar-refractivity contribution in [2.75, 3.05) is 12.8 Å². The van der Waals surface area contributed by atoms with E-state index in [0.29, 0.717) is 17.5 Å². The number of aromatic nitrogens is 4. The van der Waals surface area contributed by atoms with Gasteiger partial charge >= 0.3 is 0 Å². The Hall–Kier alpha value is -1.29. The van der Waals surface area contributed by atoms with E-state index in [2.05, 4.69) is 20.0 Å². The summed E-state index contributed by atoms with van der Waals surface area (Å²) in [5, 5.41) is 7.43. The second-order valence-corrected chi connectivity index (χ2v) is 8.29. The van der Waals surface area contributed by atoms with Gasteiger partial charge in [-0.2, -0.15) is 4.52 Å². The van der Waals surface area contributed by atoms with Gasteiger partial charge in [0.1, 0.15) is 5.01 Å². The Bertz CT molecular complexity index is 872. The molecule has 0 aliphatic carbocycles. The van der Waals surface area contributed by atoms with Gasteiger partial charge in [0.15, 0.2) is 4.34 Å². The second-order valence-electron chi connectivity index (χ2n) is 5.35. The van der Waals surface area contributed by atoms with Gasteiger partial charge < -0.3 is 0 Å². The number of fused-ring (bicyclic) bond motifs is 1. The van der Waals surface area contributed by atoms with Gasteiger partial charge in [0, 0.05) is 24.2 Å². The molecule has 0 unspecified atom stereocenters. The number of likely N-dealkylation sites (tertiary alicyclic amines) is 1. The highest BCUT2D eigenvalue weighted by molar-refractivity contribution is 8.00. The Kier molecular flexibility index (Phi) is 4.18. The Balaban J connectivity index is 1.63. The molecule has 6 nitrogen and oxygen atoms in total. The molecule has 3 aromatic rings. The van der Waals surface area contributed by atoms with Crippen molar-refractivity contribution in [1.29, 1.82) is 0 Å². The van der Waals surface area contributed by atoms with Crippen molar-refractivity contribution in [2.45, 2.75) is 29.8 Å². The van der Waals surface area contributed by atoms with E-state index in [1.165, 1.54) is 27.6 Å². The first-order valence-electron chi connectivity index (χ1n) is 7.32. The van der Waals surface area contributed by atoms with Crippen LogP contribution >= 0.6 is 34.4 Å². The van der Waals surface area contributed by atoms with Gasteiger partial charge in [0.2, 0.25) is 4.96 Å². The first kappa shape index (κ1) is 15.3. The van der Waals surface area contributed by atoms with Crippen LogP contribution in [-0.4, -0.2) is 37.3 Å². The zero-order valence-electron chi connectivity index (χ0n) is 12.5. The molecule has 4 heterocycles. The molecule has 0 aromatic carbocycles. The summed E-state index contributed by atoms with van der Waals surface area (Å²) in [7, 11) is 0. The minimum absolute atomic E-state index is 0.105. The summed E-state index contributed by atoms with van der Waals surface area (Å²) in [6.07, 6.45) is 6.08. The Morgan fingerprint density at radius 1 is 1.48 bits per heavy atom. The lowest BCUT2D eigenvalue weighted by molar-refractivity contribution is 0.245. The molecule has 3 aromatic heterocycles. The molecular weight excluding hydrogens is 350 g/mol. The smallest absolute Gasteiger partial charge is 0.275 e. The number of rotatable bonds is 4. The summed E-state index contributed by atoms with van der Waals surface area (Å²) in [5.41, 5.74) is 0.710. The molecule has 0 saturated carbocycles. The third kappa shape index (κ3) is 2.93. The van der Waals surface area contributed by atoms with Crippen molar-refractivity contribution in [3.05, 3.63) is 38.7 Å². The summed E-state index contributed by atoms with van der Waals surface area (Å²) in [5.74, 6) is 0. The molecule has 0 amide bonds. The van der Waals surface area contributed by atoms with E-state index < -0.39 is 0 Å². The van der Waals surface area contributed by atoms with Gasteiger partial charge in [-0.15, -0.1) is 16.4 Å². The maximum Gasteiger partial charge on any atom is 0.275 e. The zero-order valence-corrected chi connectivity index (χ0v) is 15.0. The second kappa shape index (κ2) is 6.31. The van der Waals surface area contributed by atoms with E-state index in [0.717, 1.165) is 34.4 Å². The predicted molar refractivity (Wildman–Crippen MR) is 93.4 cm³/mol. The standard InChI is InChI=1S/C14H15N5OS3/c1-21-14-17-19-11(20)7-9(16-13(19)23-14)8-18-5-2-3-10(18)12-15-4-6-22-12/h4,6-7,10H,2-3,5,8H2,1H3/t10-/m0/s1. The highest BCUT2D eigenvalue weighted by Crippen LogP contribution is 2.33. The van der Waals surface area contributed by atoms with Crippen molar-refractivity contribution >= 4 is 39.4 Å². The van der Waals surface area contributed by atoms with Crippen LogP contribution in [0.3, 0.4) is 0 Å². The van der Waals surface area contributed by atoms with Gasteiger partial charge in [0.05, 0.1) is 11.7 Å². The van der Waals surface area contributed by atoms with Crippen molar-refractivity contribution in [2.24, 2.45) is 0 Å². The van der Waals surface area contributed by atoms with E-state index in [9.17, 15) is 4.79 Å². The van der Waals surface area contributed by atoms with Crippen LogP contribution < -0.4 is 5.56 Å². The van der Waals surface area contributed by atoms with E-state index in [-0.39, 0.29) is 5.56 Å². The highest BCUT2D eigenvalue weighted by Gasteiger charge is 2.28. The van der Waals surface area contributed by atoms with Crippen LogP contribution in [0.15, 0.2) is 26.8 Å². The molecule has 0 spiro atoms. The third-order valence-electron chi connectivity index (χ3n) is 3.92. The minimum atomic E-state index is -0.105. The van der Waals surface area contributed by atoms with E-state index in [1.807, 2.05) is 17.8 Å². The summed E-state index contributed by atoms with van der Waals surface area (Å²) < 4.78 is 2.25. The molecule has 1 atom stereocenters. The SMILES string of the molecule is CSc1nn2c(=O)cc(CN3CCC[C@H]3c3nccs3)nc2s1. The topological polar surface area (TPSA) is 63.4 Å². The predicted octanol–water partition coefficient (Wildman–Crippen LogP) is 2.67. The van der Waals surface area contributed by atoms with Crippen LogP contribution in [0.5, 0.6) is 0 Å². The average molecular weight is 366 g/mol. The van der Waals surface area contributed by atoms with Gasteiger partial charge in [-0.1, -0.05) is 23.1 Å². The number of hydrogen-bond donors (Lipinski definition) is 0. The molecule has 9 heteroatoms. The molecule has 1 fully saturated rings. The first-order valence-corrected chi connectivity index (χ1v) is 10.2.